The molecule has 0 saturated carbocycles. The lowest BCUT2D eigenvalue weighted by atomic mass is 10.0. The van der Waals surface area contributed by atoms with Crippen LogP contribution in [0.1, 0.15) is 24.0 Å². The van der Waals surface area contributed by atoms with E-state index in [1.807, 2.05) is 18.2 Å². The smallest absolute Gasteiger partial charge is 0.232 e. The number of benzene rings is 3. The number of nitrogens with one attached hydrogen (secondary N) is 1. The van der Waals surface area contributed by atoms with Crippen molar-refractivity contribution in [1.29, 1.82) is 0 Å². The minimum Gasteiger partial charge on any atom is -0.326 e. The lowest BCUT2D eigenvalue weighted by Gasteiger charge is -2.23. The van der Waals surface area contributed by atoms with Gasteiger partial charge in [0, 0.05) is 28.5 Å². The SMILES string of the molecule is CS(=O)(=O)N(CCCC(=O)Nc1ccc2c3c(cccc13)CC2)c1ccc(Br)cc1F. The van der Waals surface area contributed by atoms with Crippen LogP contribution in [0.3, 0.4) is 0 Å². The molecule has 1 amide bonds. The Kier molecular flexibility index (Phi) is 6.03. The monoisotopic (exact) mass is 504 g/mol. The van der Waals surface area contributed by atoms with Crippen LogP contribution in [0, 0.1) is 5.82 Å². The van der Waals surface area contributed by atoms with E-state index in [9.17, 15) is 17.6 Å². The summed E-state index contributed by atoms with van der Waals surface area (Å²) in [6.45, 7) is 0.00857. The van der Waals surface area contributed by atoms with E-state index in [1.54, 1.807) is 6.07 Å². The van der Waals surface area contributed by atoms with Crippen LogP contribution in [0.4, 0.5) is 15.8 Å². The molecule has 3 aromatic carbocycles. The van der Waals surface area contributed by atoms with Gasteiger partial charge in [-0.1, -0.05) is 40.2 Å². The van der Waals surface area contributed by atoms with E-state index in [-0.39, 0.29) is 31.0 Å². The first-order valence-electron chi connectivity index (χ1n) is 10.00. The predicted molar refractivity (Wildman–Crippen MR) is 126 cm³/mol. The summed E-state index contributed by atoms with van der Waals surface area (Å²) in [7, 11) is -3.70. The van der Waals surface area contributed by atoms with Crippen molar-refractivity contribution in [3.63, 3.8) is 0 Å². The number of nitrogens with zero attached hydrogens (tertiary/aromatic N) is 1. The molecule has 31 heavy (non-hydrogen) atoms. The third-order valence-corrected chi connectivity index (χ3v) is 7.17. The Bertz CT molecular complexity index is 1270. The first-order chi connectivity index (χ1) is 14.7. The number of sulfonamides is 1. The van der Waals surface area contributed by atoms with Gasteiger partial charge in [-0.15, -0.1) is 0 Å². The highest BCUT2D eigenvalue weighted by atomic mass is 79.9. The number of rotatable bonds is 7. The summed E-state index contributed by atoms with van der Waals surface area (Å²) >= 11 is 3.17. The van der Waals surface area contributed by atoms with E-state index in [0.29, 0.717) is 4.47 Å². The van der Waals surface area contributed by atoms with Crippen molar-refractivity contribution in [2.45, 2.75) is 25.7 Å². The van der Waals surface area contributed by atoms with E-state index in [2.05, 4.69) is 33.4 Å². The summed E-state index contributed by atoms with van der Waals surface area (Å²) in [5, 5.41) is 5.19. The van der Waals surface area contributed by atoms with Gasteiger partial charge in [-0.2, -0.15) is 0 Å². The van der Waals surface area contributed by atoms with Crippen molar-refractivity contribution in [2.24, 2.45) is 0 Å². The first-order valence-corrected chi connectivity index (χ1v) is 12.6. The van der Waals surface area contributed by atoms with Crippen molar-refractivity contribution >= 4 is 54.0 Å². The van der Waals surface area contributed by atoms with Crippen LogP contribution in [-0.2, 0) is 27.7 Å². The highest BCUT2D eigenvalue weighted by Crippen LogP contribution is 2.35. The molecule has 0 bridgehead atoms. The Morgan fingerprint density at radius 1 is 1.13 bits per heavy atom. The molecule has 1 aliphatic rings. The molecule has 0 aliphatic heterocycles. The van der Waals surface area contributed by atoms with Gasteiger partial charge in [-0.3, -0.25) is 9.10 Å². The quantitative estimate of drug-likeness (QED) is 0.490. The van der Waals surface area contributed by atoms with Gasteiger partial charge in [-0.25, -0.2) is 12.8 Å². The van der Waals surface area contributed by atoms with Gasteiger partial charge < -0.3 is 5.32 Å². The van der Waals surface area contributed by atoms with Gasteiger partial charge in [0.15, 0.2) is 0 Å². The number of hydrogen-bond donors (Lipinski definition) is 1. The zero-order valence-corrected chi connectivity index (χ0v) is 19.4. The Morgan fingerprint density at radius 2 is 1.87 bits per heavy atom. The predicted octanol–water partition coefficient (Wildman–Crippen LogP) is 5.02. The molecule has 162 valence electrons. The van der Waals surface area contributed by atoms with E-state index in [1.165, 1.54) is 28.6 Å². The minimum atomic E-state index is -3.70. The second kappa shape index (κ2) is 8.59. The third-order valence-electron chi connectivity index (χ3n) is 5.49. The van der Waals surface area contributed by atoms with Crippen molar-refractivity contribution in [3.05, 3.63) is 69.9 Å². The minimum absolute atomic E-state index is 0.00857. The van der Waals surface area contributed by atoms with Gasteiger partial charge in [0.05, 0.1) is 11.9 Å². The van der Waals surface area contributed by atoms with Crippen molar-refractivity contribution in [3.8, 4) is 0 Å². The van der Waals surface area contributed by atoms with Crippen molar-refractivity contribution < 1.29 is 17.6 Å². The van der Waals surface area contributed by atoms with Crippen LogP contribution in [0.2, 0.25) is 0 Å². The van der Waals surface area contributed by atoms with Crippen LogP contribution >= 0.6 is 15.9 Å². The molecule has 8 heteroatoms. The van der Waals surface area contributed by atoms with Crippen molar-refractivity contribution in [2.75, 3.05) is 22.4 Å². The second-order valence-electron chi connectivity index (χ2n) is 7.69. The number of halogens is 2. The zero-order valence-electron chi connectivity index (χ0n) is 17.0. The Balaban J connectivity index is 1.45. The lowest BCUT2D eigenvalue weighted by Crippen LogP contribution is -2.32. The molecule has 0 radical (unpaired) electrons. The number of hydrogen-bond acceptors (Lipinski definition) is 3. The van der Waals surface area contributed by atoms with Crippen molar-refractivity contribution in [1.82, 2.24) is 0 Å². The molecule has 0 unspecified atom stereocenters. The molecule has 0 atom stereocenters. The molecule has 0 spiro atoms. The molecule has 0 aromatic heterocycles. The van der Waals surface area contributed by atoms with Gasteiger partial charge in [-0.05, 0) is 60.0 Å². The molecule has 3 aromatic rings. The van der Waals surface area contributed by atoms with Gasteiger partial charge in [0.2, 0.25) is 15.9 Å². The molecule has 5 nitrogen and oxygen atoms in total. The first kappa shape index (κ1) is 21.8. The Labute approximate surface area is 189 Å². The van der Waals surface area contributed by atoms with E-state index in [4.69, 9.17) is 0 Å². The average molecular weight is 505 g/mol. The van der Waals surface area contributed by atoms with E-state index < -0.39 is 15.8 Å². The summed E-state index contributed by atoms with van der Waals surface area (Å²) in [6, 6.07) is 14.3. The molecule has 4 rings (SSSR count). The second-order valence-corrected chi connectivity index (χ2v) is 10.5. The van der Waals surface area contributed by atoms with E-state index in [0.717, 1.165) is 34.5 Å². The fourth-order valence-corrected chi connectivity index (χ4v) is 5.40. The molecular weight excluding hydrogens is 483 g/mol. The topological polar surface area (TPSA) is 66.5 Å². The Hall–Kier alpha value is -2.45. The van der Waals surface area contributed by atoms with Crippen LogP contribution < -0.4 is 9.62 Å². The summed E-state index contributed by atoms with van der Waals surface area (Å²) in [6.07, 6.45) is 3.43. The average Bonchev–Trinajstić information content (AvgIpc) is 3.12. The normalized spacial score (nSPS) is 12.9. The standard InChI is InChI=1S/C23H22BrFN2O3S/c1-31(29,30)27(21-12-10-17(24)14-19(21)25)13-3-6-22(28)26-20-11-9-16-8-7-15-4-2-5-18(20)23(15)16/h2,4-5,9-12,14H,3,6-8,13H2,1H3,(H,26,28). The summed E-state index contributed by atoms with van der Waals surface area (Å²) < 4.78 is 40.2. The lowest BCUT2D eigenvalue weighted by molar-refractivity contribution is -0.116. The fourth-order valence-electron chi connectivity index (χ4n) is 4.10. The summed E-state index contributed by atoms with van der Waals surface area (Å²) in [5.74, 6) is -0.847. The number of anilines is 2. The maximum absolute atomic E-state index is 14.3. The van der Waals surface area contributed by atoms with Crippen LogP contribution in [0.25, 0.3) is 10.8 Å². The highest BCUT2D eigenvalue weighted by Gasteiger charge is 2.21. The largest absolute Gasteiger partial charge is 0.326 e. The Morgan fingerprint density at radius 3 is 2.58 bits per heavy atom. The van der Waals surface area contributed by atoms with Gasteiger partial charge in [0.25, 0.3) is 0 Å². The third kappa shape index (κ3) is 4.60. The fraction of sp³-hybridized carbons (Fsp3) is 0.261. The number of amides is 1. The van der Waals surface area contributed by atoms with E-state index >= 15 is 0 Å². The molecule has 0 fully saturated rings. The molecule has 0 saturated heterocycles. The van der Waals surface area contributed by atoms with Crippen LogP contribution in [0.5, 0.6) is 0 Å². The van der Waals surface area contributed by atoms with Gasteiger partial charge >= 0.3 is 0 Å². The number of aryl methyl sites for hydroxylation is 2. The molecule has 1 aliphatic carbocycles. The summed E-state index contributed by atoms with van der Waals surface area (Å²) in [5.41, 5.74) is 3.32. The maximum atomic E-state index is 14.3. The zero-order chi connectivity index (χ0) is 22.2. The number of carbonyl (C=O) groups is 1. The molecular formula is C23H22BrFN2O3S. The highest BCUT2D eigenvalue weighted by molar-refractivity contribution is 9.10. The number of carbonyl (C=O) groups excluding carboxylic acids is 1. The maximum Gasteiger partial charge on any atom is 0.232 e. The van der Waals surface area contributed by atoms with Crippen LogP contribution in [0.15, 0.2) is 53.0 Å². The molecule has 0 heterocycles. The van der Waals surface area contributed by atoms with Crippen LogP contribution in [-0.4, -0.2) is 27.1 Å². The molecule has 1 N–H and O–H groups in total. The van der Waals surface area contributed by atoms with Gasteiger partial charge in [0.1, 0.15) is 5.82 Å². The summed E-state index contributed by atoms with van der Waals surface area (Å²) in [4.78, 5) is 12.6.